The lowest BCUT2D eigenvalue weighted by Crippen LogP contribution is -2.49. The van der Waals surface area contributed by atoms with E-state index < -0.39 is 11.8 Å². The van der Waals surface area contributed by atoms with Crippen molar-refractivity contribution in [2.75, 3.05) is 21.2 Å². The van der Waals surface area contributed by atoms with Gasteiger partial charge in [0, 0.05) is 43.8 Å². The number of amides is 2. The molecular weight excluding hydrogens is 436 g/mol. The van der Waals surface area contributed by atoms with E-state index in [1.54, 1.807) is 38.6 Å². The summed E-state index contributed by atoms with van der Waals surface area (Å²) in [6.45, 7) is 0. The Hall–Kier alpha value is -3.41. The van der Waals surface area contributed by atoms with Gasteiger partial charge in [-0.1, -0.05) is 54.8 Å². The Labute approximate surface area is 191 Å². The van der Waals surface area contributed by atoms with Crippen molar-refractivity contribution in [3.8, 4) is 0 Å². The van der Waals surface area contributed by atoms with E-state index in [1.165, 1.54) is 17.1 Å². The number of hydrogen-bond donors (Lipinski definition) is 3. The highest BCUT2D eigenvalue weighted by molar-refractivity contribution is 7.80. The van der Waals surface area contributed by atoms with Crippen LogP contribution in [0.15, 0.2) is 66.6 Å². The molecule has 3 N–H and O–H groups in total. The molecule has 1 heterocycles. The maximum Gasteiger partial charge on any atom is 0.277 e. The number of nitrogens with one attached hydrogen (secondary N) is 3. The molecule has 0 bridgehead atoms. The van der Waals surface area contributed by atoms with Gasteiger partial charge in [-0.25, -0.2) is 0 Å². The second-order valence-corrected chi connectivity index (χ2v) is 6.87. The van der Waals surface area contributed by atoms with E-state index in [4.69, 9.17) is 29.3 Å². The van der Waals surface area contributed by atoms with Crippen LogP contribution in [-0.4, -0.2) is 58.0 Å². The zero-order chi connectivity index (χ0) is 22.8. The molecular formula is C20H22N6O3S2. The van der Waals surface area contributed by atoms with Crippen molar-refractivity contribution in [2.45, 2.75) is 0 Å². The smallest absolute Gasteiger partial charge is 0.277 e. The van der Waals surface area contributed by atoms with Crippen LogP contribution in [0.2, 0.25) is 0 Å². The number of hydroxylamine groups is 1. The Morgan fingerprint density at radius 3 is 2.00 bits per heavy atom. The molecule has 0 aliphatic carbocycles. The zero-order valence-electron chi connectivity index (χ0n) is 17.2. The number of thiocarbonyl (C=S) groups is 2. The fourth-order valence-electron chi connectivity index (χ4n) is 2.34. The molecule has 0 spiro atoms. The minimum atomic E-state index is -0.713. The van der Waals surface area contributed by atoms with Gasteiger partial charge < -0.3 is 0 Å². The molecule has 0 saturated heterocycles. The molecule has 0 fully saturated rings. The standard InChI is InChI=1S/C20H22N6O3S2/c1-25(19(30)14-8-5-4-6-9-14)23-17(27)16(13-22-29-3)18(28)24-26(2)20(31)15-10-7-11-21-12-15/h4-13,22H,1-3H3,(H,23,27)(H,24,28)/b16-13-. The summed E-state index contributed by atoms with van der Waals surface area (Å²) < 4.78 is 0. The van der Waals surface area contributed by atoms with Crippen LogP contribution in [0.5, 0.6) is 0 Å². The third-order valence-electron chi connectivity index (χ3n) is 3.89. The highest BCUT2D eigenvalue weighted by atomic mass is 32.1. The first-order chi connectivity index (χ1) is 14.8. The second-order valence-electron chi connectivity index (χ2n) is 6.10. The molecule has 0 aliphatic heterocycles. The van der Waals surface area contributed by atoms with Crippen LogP contribution in [0.1, 0.15) is 11.1 Å². The molecule has 0 atom stereocenters. The predicted molar refractivity (Wildman–Crippen MR) is 124 cm³/mol. The van der Waals surface area contributed by atoms with Crippen molar-refractivity contribution in [3.63, 3.8) is 0 Å². The van der Waals surface area contributed by atoms with Crippen LogP contribution in [0.3, 0.4) is 0 Å². The lowest BCUT2D eigenvalue weighted by Gasteiger charge is -2.24. The lowest BCUT2D eigenvalue weighted by molar-refractivity contribution is -0.126. The van der Waals surface area contributed by atoms with Gasteiger partial charge in [0.15, 0.2) is 0 Å². The second kappa shape index (κ2) is 11.7. The molecule has 2 rings (SSSR count). The molecule has 9 nitrogen and oxygen atoms in total. The van der Waals surface area contributed by atoms with Gasteiger partial charge in [-0.2, -0.15) is 0 Å². The third kappa shape index (κ3) is 6.81. The SMILES string of the molecule is CON/C=C(/C(=O)NN(C)C(=S)c1ccccc1)C(=O)NN(C)C(=S)c1cccnc1. The Kier molecular flexibility index (Phi) is 9.00. The first-order valence-corrected chi connectivity index (χ1v) is 9.78. The molecule has 0 aliphatic rings. The maximum atomic E-state index is 12.8. The van der Waals surface area contributed by atoms with Gasteiger partial charge >= 0.3 is 0 Å². The molecule has 162 valence electrons. The lowest BCUT2D eigenvalue weighted by atomic mass is 10.2. The molecule has 2 amide bonds. The third-order valence-corrected chi connectivity index (χ3v) is 4.91. The number of hydrogen-bond acceptors (Lipinski definition) is 7. The minimum absolute atomic E-state index is 0.259. The maximum absolute atomic E-state index is 12.8. The van der Waals surface area contributed by atoms with Gasteiger partial charge in [-0.05, 0) is 12.1 Å². The summed E-state index contributed by atoms with van der Waals surface area (Å²) in [7, 11) is 4.49. The first kappa shape index (κ1) is 23.9. The highest BCUT2D eigenvalue weighted by Gasteiger charge is 2.23. The predicted octanol–water partition coefficient (Wildman–Crippen LogP) is 1.09. The Morgan fingerprint density at radius 1 is 0.935 bits per heavy atom. The summed E-state index contributed by atoms with van der Waals surface area (Å²) in [5.41, 5.74) is 8.62. The van der Waals surface area contributed by atoms with Crippen LogP contribution in [0.25, 0.3) is 0 Å². The topological polar surface area (TPSA) is 98.8 Å². The molecule has 0 unspecified atom stereocenters. The molecule has 31 heavy (non-hydrogen) atoms. The Morgan fingerprint density at radius 2 is 1.48 bits per heavy atom. The van der Waals surface area contributed by atoms with E-state index in [-0.39, 0.29) is 5.57 Å². The van der Waals surface area contributed by atoms with Gasteiger partial charge in [0.2, 0.25) is 0 Å². The molecule has 0 radical (unpaired) electrons. The number of nitrogens with zero attached hydrogens (tertiary/aromatic N) is 3. The summed E-state index contributed by atoms with van der Waals surface area (Å²) >= 11 is 10.7. The van der Waals surface area contributed by atoms with E-state index in [1.807, 2.05) is 30.3 Å². The largest absolute Gasteiger partial charge is 0.280 e. The van der Waals surface area contributed by atoms with E-state index in [9.17, 15) is 9.59 Å². The van der Waals surface area contributed by atoms with Crippen LogP contribution >= 0.6 is 24.4 Å². The number of pyridine rings is 1. The molecule has 0 saturated carbocycles. The van der Waals surface area contributed by atoms with Crippen LogP contribution in [-0.2, 0) is 14.4 Å². The van der Waals surface area contributed by atoms with Crippen molar-refractivity contribution in [3.05, 3.63) is 77.8 Å². The zero-order valence-corrected chi connectivity index (χ0v) is 18.8. The van der Waals surface area contributed by atoms with Crippen molar-refractivity contribution < 1.29 is 14.4 Å². The van der Waals surface area contributed by atoms with E-state index >= 15 is 0 Å². The van der Waals surface area contributed by atoms with Crippen molar-refractivity contribution in [1.29, 1.82) is 0 Å². The summed E-state index contributed by atoms with van der Waals surface area (Å²) in [6, 6.07) is 12.6. The number of carbonyl (C=O) groups excluding carboxylic acids is 2. The van der Waals surface area contributed by atoms with Crippen LogP contribution in [0, 0.1) is 0 Å². The van der Waals surface area contributed by atoms with Crippen LogP contribution < -0.4 is 16.3 Å². The summed E-state index contributed by atoms with van der Waals surface area (Å²) in [4.78, 5) is 35.0. The minimum Gasteiger partial charge on any atom is -0.280 e. The summed E-state index contributed by atoms with van der Waals surface area (Å²) in [6.07, 6.45) is 4.31. The van der Waals surface area contributed by atoms with Crippen molar-refractivity contribution >= 4 is 46.2 Å². The fourth-order valence-corrected chi connectivity index (χ4v) is 2.68. The number of benzene rings is 1. The average Bonchev–Trinajstić information content (AvgIpc) is 2.79. The Balaban J connectivity index is 2.09. The number of carbonyl (C=O) groups is 2. The summed E-state index contributed by atoms with van der Waals surface area (Å²) in [5.74, 6) is -1.42. The average molecular weight is 459 g/mol. The Bertz CT molecular complexity index is 896. The fraction of sp³-hybridized carbons (Fsp3) is 0.150. The normalized spacial score (nSPS) is 10.6. The van der Waals surface area contributed by atoms with Gasteiger partial charge in [0.25, 0.3) is 11.8 Å². The number of rotatable bonds is 6. The molecule has 2 aromatic rings. The van der Waals surface area contributed by atoms with Gasteiger partial charge in [0.05, 0.1) is 7.11 Å². The number of aromatic nitrogens is 1. The van der Waals surface area contributed by atoms with Crippen LogP contribution in [0.4, 0.5) is 0 Å². The van der Waals surface area contributed by atoms with Gasteiger partial charge in [-0.3, -0.25) is 45.8 Å². The molecule has 1 aromatic heterocycles. The van der Waals surface area contributed by atoms with Crippen molar-refractivity contribution in [1.82, 2.24) is 31.3 Å². The molecule has 11 heteroatoms. The van der Waals surface area contributed by atoms with E-state index in [0.29, 0.717) is 15.5 Å². The van der Waals surface area contributed by atoms with Gasteiger partial charge in [-0.15, -0.1) is 0 Å². The van der Waals surface area contributed by atoms with E-state index in [0.717, 1.165) is 11.8 Å². The van der Waals surface area contributed by atoms with Gasteiger partial charge in [0.1, 0.15) is 15.6 Å². The first-order valence-electron chi connectivity index (χ1n) is 8.97. The summed E-state index contributed by atoms with van der Waals surface area (Å²) in [5, 5.41) is 2.67. The monoisotopic (exact) mass is 458 g/mol. The quantitative estimate of drug-likeness (QED) is 0.193. The van der Waals surface area contributed by atoms with E-state index in [2.05, 4.69) is 21.3 Å². The number of hydrazine groups is 2. The highest BCUT2D eigenvalue weighted by Crippen LogP contribution is 2.05. The van der Waals surface area contributed by atoms with Crippen molar-refractivity contribution in [2.24, 2.45) is 0 Å². The molecule has 1 aromatic carbocycles.